The van der Waals surface area contributed by atoms with Gasteiger partial charge in [-0.3, -0.25) is 14.2 Å². The number of ether oxygens (including phenoxy) is 2. The van der Waals surface area contributed by atoms with Gasteiger partial charge >= 0.3 is 11.9 Å². The number of esters is 2. The monoisotopic (exact) mass is 862 g/mol. The third-order valence-corrected chi connectivity index (χ3v) is 10.7. The summed E-state index contributed by atoms with van der Waals surface area (Å²) in [6.07, 6.45) is 52.2. The van der Waals surface area contributed by atoms with Gasteiger partial charge < -0.3 is 27.9 Å². The van der Waals surface area contributed by atoms with Crippen LogP contribution in [0.25, 0.3) is 0 Å². The Morgan fingerprint density at radius 1 is 0.533 bits per heavy atom. The molecule has 0 aromatic carbocycles. The number of unbranched alkanes of at least 4 members (excludes halogenated alkanes) is 16. The molecule has 0 radical (unpaired) electrons. The second-order valence-electron chi connectivity index (χ2n) is 16.7. The van der Waals surface area contributed by atoms with E-state index < -0.39 is 32.5 Å². The summed E-state index contributed by atoms with van der Waals surface area (Å²) >= 11 is 0. The Labute approximate surface area is 368 Å². The van der Waals surface area contributed by atoms with Gasteiger partial charge in [0.05, 0.1) is 27.7 Å². The van der Waals surface area contributed by atoms with Crippen LogP contribution in [0.5, 0.6) is 0 Å². The molecule has 0 aromatic heterocycles. The van der Waals surface area contributed by atoms with Crippen molar-refractivity contribution in [3.05, 3.63) is 72.9 Å². The number of hydrogen-bond acceptors (Lipinski definition) is 8. The van der Waals surface area contributed by atoms with Crippen molar-refractivity contribution in [1.82, 2.24) is 0 Å². The van der Waals surface area contributed by atoms with E-state index >= 15 is 0 Å². The van der Waals surface area contributed by atoms with E-state index in [-0.39, 0.29) is 26.1 Å². The highest BCUT2D eigenvalue weighted by atomic mass is 31.2. The fraction of sp³-hybridized carbons (Fsp3) is 0.720. The lowest BCUT2D eigenvalue weighted by atomic mass is 10.1. The van der Waals surface area contributed by atoms with Crippen molar-refractivity contribution in [2.24, 2.45) is 0 Å². The number of carbonyl (C=O) groups is 2. The van der Waals surface area contributed by atoms with Crippen LogP contribution in [0.3, 0.4) is 0 Å². The van der Waals surface area contributed by atoms with Crippen LogP contribution in [0, 0.1) is 0 Å². The van der Waals surface area contributed by atoms with E-state index in [9.17, 15) is 19.0 Å². The third kappa shape index (κ3) is 45.0. The Hall–Kier alpha value is -2.55. The first-order valence-electron chi connectivity index (χ1n) is 23.6. The van der Waals surface area contributed by atoms with Crippen LogP contribution in [0.1, 0.15) is 181 Å². The number of phosphoric acid groups is 1. The lowest BCUT2D eigenvalue weighted by molar-refractivity contribution is -0.870. The fourth-order valence-corrected chi connectivity index (χ4v) is 6.74. The van der Waals surface area contributed by atoms with Crippen LogP contribution in [0.4, 0.5) is 0 Å². The zero-order valence-electron chi connectivity index (χ0n) is 38.9. The largest absolute Gasteiger partial charge is 0.756 e. The van der Waals surface area contributed by atoms with Gasteiger partial charge in [0.1, 0.15) is 19.8 Å². The van der Waals surface area contributed by atoms with Gasteiger partial charge in [-0.2, -0.15) is 0 Å². The average molecular weight is 862 g/mol. The van der Waals surface area contributed by atoms with Gasteiger partial charge in [-0.25, -0.2) is 0 Å². The molecule has 346 valence electrons. The first-order chi connectivity index (χ1) is 29.0. The maximum absolute atomic E-state index is 12.7. The van der Waals surface area contributed by atoms with Crippen molar-refractivity contribution in [3.63, 3.8) is 0 Å². The van der Waals surface area contributed by atoms with E-state index in [1.54, 1.807) is 0 Å². The standard InChI is InChI=1S/C50H88NO8P/c1-6-8-10-12-14-16-18-19-20-21-22-23-24-25-26-27-28-29-30-31-33-35-37-39-41-43-50(53)59-48(47-58-60(54,55)57-45-44-51(3,4)5)46-56-49(52)42-40-38-36-34-32-17-15-13-11-9-7-2/h8,10,13-16,19-20,22-23,25-26,48H,6-7,9,11-12,17-18,21,24,27-47H2,1-5H3/b10-8-,15-13-,16-14-,20-19-,23-22-,26-25-. The summed E-state index contributed by atoms with van der Waals surface area (Å²) in [5, 5.41) is 0. The van der Waals surface area contributed by atoms with E-state index in [1.165, 1.54) is 44.9 Å². The topological polar surface area (TPSA) is 111 Å². The summed E-state index contributed by atoms with van der Waals surface area (Å²) in [5.41, 5.74) is 0. The van der Waals surface area contributed by atoms with Gasteiger partial charge in [0, 0.05) is 12.8 Å². The molecule has 0 rings (SSSR count). The number of allylic oxidation sites excluding steroid dienone is 12. The SMILES string of the molecule is CC/C=C\C/C=C\C/C=C\C/C=C\C/C=C\CCCCCCCCCCCC(=O)OC(COC(=O)CCCCCCC/C=C\CCCC)COP(=O)([O-])OCC[N+](C)(C)C. The van der Waals surface area contributed by atoms with Crippen LogP contribution in [-0.2, 0) is 32.7 Å². The summed E-state index contributed by atoms with van der Waals surface area (Å²) in [4.78, 5) is 37.5. The van der Waals surface area contributed by atoms with Gasteiger partial charge in [-0.1, -0.05) is 164 Å². The fourth-order valence-electron chi connectivity index (χ4n) is 6.01. The quantitative estimate of drug-likeness (QED) is 0.0196. The predicted octanol–water partition coefficient (Wildman–Crippen LogP) is 13.2. The van der Waals surface area contributed by atoms with Crippen molar-refractivity contribution in [2.45, 2.75) is 187 Å². The Morgan fingerprint density at radius 3 is 1.43 bits per heavy atom. The van der Waals surface area contributed by atoms with Crippen LogP contribution in [0.15, 0.2) is 72.9 Å². The molecule has 0 amide bonds. The number of nitrogens with zero attached hydrogens (tertiary/aromatic N) is 1. The van der Waals surface area contributed by atoms with Crippen molar-refractivity contribution in [3.8, 4) is 0 Å². The number of likely N-dealkylation sites (N-methyl/N-ethyl adjacent to an activating group) is 1. The van der Waals surface area contributed by atoms with Crippen molar-refractivity contribution >= 4 is 19.8 Å². The Morgan fingerprint density at radius 2 is 0.950 bits per heavy atom. The first kappa shape index (κ1) is 57.4. The lowest BCUT2D eigenvalue weighted by Gasteiger charge is -2.28. The molecule has 0 bridgehead atoms. The minimum atomic E-state index is -4.63. The van der Waals surface area contributed by atoms with Gasteiger partial charge in [-0.05, 0) is 77.0 Å². The van der Waals surface area contributed by atoms with Gasteiger partial charge in [0.15, 0.2) is 6.10 Å². The van der Waals surface area contributed by atoms with E-state index in [2.05, 4.69) is 86.8 Å². The molecule has 60 heavy (non-hydrogen) atoms. The molecule has 0 saturated carbocycles. The second kappa shape index (κ2) is 41.8. The molecule has 0 N–H and O–H groups in total. The Bertz CT molecular complexity index is 1250. The van der Waals surface area contributed by atoms with Crippen LogP contribution in [0.2, 0.25) is 0 Å². The molecule has 0 saturated heterocycles. The zero-order valence-corrected chi connectivity index (χ0v) is 39.8. The Balaban J connectivity index is 4.25. The highest BCUT2D eigenvalue weighted by molar-refractivity contribution is 7.45. The smallest absolute Gasteiger partial charge is 0.306 e. The molecular weight excluding hydrogens is 774 g/mol. The molecular formula is C50H88NO8P. The lowest BCUT2D eigenvalue weighted by Crippen LogP contribution is -2.37. The molecule has 0 heterocycles. The van der Waals surface area contributed by atoms with Crippen LogP contribution in [-0.4, -0.2) is 70.0 Å². The van der Waals surface area contributed by atoms with Gasteiger partial charge in [-0.15, -0.1) is 0 Å². The summed E-state index contributed by atoms with van der Waals surface area (Å²) < 4.78 is 33.9. The molecule has 0 spiro atoms. The summed E-state index contributed by atoms with van der Waals surface area (Å²) in [6.45, 7) is 4.04. The van der Waals surface area contributed by atoms with E-state index in [0.29, 0.717) is 23.9 Å². The minimum absolute atomic E-state index is 0.0365. The summed E-state index contributed by atoms with van der Waals surface area (Å²) in [6, 6.07) is 0. The molecule has 0 aliphatic heterocycles. The highest BCUT2D eigenvalue weighted by Gasteiger charge is 2.21. The third-order valence-electron chi connectivity index (χ3n) is 9.71. The maximum Gasteiger partial charge on any atom is 0.306 e. The molecule has 0 aliphatic carbocycles. The zero-order chi connectivity index (χ0) is 44.3. The normalized spacial score (nSPS) is 14.2. The first-order valence-corrected chi connectivity index (χ1v) is 25.1. The number of carbonyl (C=O) groups excluding carboxylic acids is 2. The van der Waals surface area contributed by atoms with Crippen molar-refractivity contribution in [1.29, 1.82) is 0 Å². The molecule has 0 aromatic rings. The summed E-state index contributed by atoms with van der Waals surface area (Å²) in [7, 11) is 1.15. The minimum Gasteiger partial charge on any atom is -0.756 e. The predicted molar refractivity (Wildman–Crippen MR) is 249 cm³/mol. The van der Waals surface area contributed by atoms with E-state index in [4.69, 9.17) is 18.5 Å². The van der Waals surface area contributed by atoms with E-state index in [1.807, 2.05) is 21.1 Å². The molecule has 0 aliphatic rings. The van der Waals surface area contributed by atoms with Gasteiger partial charge in [0.2, 0.25) is 0 Å². The van der Waals surface area contributed by atoms with Crippen molar-refractivity contribution < 1.29 is 42.1 Å². The van der Waals surface area contributed by atoms with Crippen LogP contribution < -0.4 is 4.89 Å². The van der Waals surface area contributed by atoms with Gasteiger partial charge in [0.25, 0.3) is 7.82 Å². The molecule has 2 atom stereocenters. The molecule has 9 nitrogen and oxygen atoms in total. The number of quaternary nitrogens is 1. The number of phosphoric ester groups is 1. The summed E-state index contributed by atoms with van der Waals surface area (Å²) in [5.74, 6) is -0.858. The highest BCUT2D eigenvalue weighted by Crippen LogP contribution is 2.38. The van der Waals surface area contributed by atoms with Crippen molar-refractivity contribution in [2.75, 3.05) is 47.5 Å². The average Bonchev–Trinajstić information content (AvgIpc) is 3.20. The molecule has 0 fully saturated rings. The van der Waals surface area contributed by atoms with Crippen LogP contribution >= 0.6 is 7.82 Å². The number of hydrogen-bond donors (Lipinski definition) is 0. The molecule has 2 unspecified atom stereocenters. The Kier molecular flexibility index (Phi) is 40.0. The molecule has 10 heteroatoms. The van der Waals surface area contributed by atoms with E-state index in [0.717, 1.165) is 96.3 Å². The number of rotatable bonds is 42. The maximum atomic E-state index is 12.7. The second-order valence-corrected chi connectivity index (χ2v) is 18.1.